The van der Waals surface area contributed by atoms with Gasteiger partial charge in [0.25, 0.3) is 0 Å². The second-order valence-corrected chi connectivity index (χ2v) is 3.94. The zero-order chi connectivity index (χ0) is 8.55. The topological polar surface area (TPSA) is 36.7 Å². The molecule has 0 fully saturated rings. The monoisotopic (exact) mass is 196 g/mol. The molecule has 1 aromatic heterocycles. The van der Waals surface area contributed by atoms with E-state index in [0.29, 0.717) is 10.7 Å². The zero-order valence-corrected chi connectivity index (χ0v) is 7.74. The van der Waals surface area contributed by atoms with Crippen molar-refractivity contribution in [3.63, 3.8) is 0 Å². The van der Waals surface area contributed by atoms with Crippen molar-refractivity contribution in [2.24, 2.45) is 0 Å². The van der Waals surface area contributed by atoms with E-state index in [1.54, 1.807) is 18.0 Å². The van der Waals surface area contributed by atoms with E-state index in [1.807, 2.05) is 0 Å². The van der Waals surface area contributed by atoms with Gasteiger partial charge in [-0.25, -0.2) is 4.98 Å². The molecule has 2 heterocycles. The second-order valence-electron chi connectivity index (χ2n) is 2.48. The van der Waals surface area contributed by atoms with Crippen molar-refractivity contribution < 1.29 is 0 Å². The molecule has 0 amide bonds. The highest BCUT2D eigenvalue weighted by atomic mass is 35.5. The molecule has 12 heavy (non-hydrogen) atoms. The van der Waals surface area contributed by atoms with Gasteiger partial charge in [-0.2, -0.15) is 5.26 Å². The first kappa shape index (κ1) is 7.90. The van der Waals surface area contributed by atoms with Crippen LogP contribution in [-0.2, 0) is 6.42 Å². The third-order valence-electron chi connectivity index (χ3n) is 1.79. The number of nitrogens with zero attached hydrogens (tertiary/aromatic N) is 2. The maximum absolute atomic E-state index is 8.75. The predicted octanol–water partition coefficient (Wildman–Crippen LogP) is 2.25. The summed E-state index contributed by atoms with van der Waals surface area (Å²) in [5.74, 6) is 1.01. The first-order chi connectivity index (χ1) is 5.83. The van der Waals surface area contributed by atoms with Crippen LogP contribution in [0.25, 0.3) is 0 Å². The normalized spacial score (nSPS) is 14.0. The Labute approximate surface area is 79.6 Å². The van der Waals surface area contributed by atoms with Gasteiger partial charge in [-0.1, -0.05) is 11.6 Å². The molecule has 0 saturated heterocycles. The van der Waals surface area contributed by atoms with Gasteiger partial charge in [0.1, 0.15) is 11.2 Å². The lowest BCUT2D eigenvalue weighted by molar-refractivity contribution is 1.09. The van der Waals surface area contributed by atoms with Gasteiger partial charge >= 0.3 is 0 Å². The summed E-state index contributed by atoms with van der Waals surface area (Å²) in [5, 5.41) is 9.30. The molecular formula is C8H5ClN2S. The number of halogens is 1. The highest BCUT2D eigenvalue weighted by Gasteiger charge is 2.19. The minimum Gasteiger partial charge on any atom is -0.243 e. The molecule has 0 atom stereocenters. The van der Waals surface area contributed by atoms with E-state index in [-0.39, 0.29) is 0 Å². The first-order valence-electron chi connectivity index (χ1n) is 3.53. The molecule has 0 radical (unpaired) electrons. The van der Waals surface area contributed by atoms with Gasteiger partial charge in [0.2, 0.25) is 0 Å². The van der Waals surface area contributed by atoms with E-state index >= 15 is 0 Å². The minimum absolute atomic E-state index is 0.550. The first-order valence-corrected chi connectivity index (χ1v) is 4.89. The Balaban J connectivity index is 2.66. The Hall–Kier alpha value is -0.720. The standard InChI is InChI=1S/C8H5ClN2S/c9-8-6-1-2-12-7(6)5(3-10)4-11-8/h4H,1-2H2. The highest BCUT2D eigenvalue weighted by Crippen LogP contribution is 2.36. The molecule has 2 rings (SSSR count). The molecule has 0 N–H and O–H groups in total. The molecule has 0 saturated carbocycles. The number of fused-ring (bicyclic) bond motifs is 1. The van der Waals surface area contributed by atoms with Crippen molar-refractivity contribution in [1.29, 1.82) is 5.26 Å². The Bertz CT molecular complexity index is 370. The molecule has 4 heteroatoms. The Morgan fingerprint density at radius 2 is 2.50 bits per heavy atom. The van der Waals surface area contributed by atoms with Crippen LogP contribution < -0.4 is 0 Å². The molecule has 0 spiro atoms. The fourth-order valence-corrected chi connectivity index (χ4v) is 2.66. The average Bonchev–Trinajstić information content (AvgIpc) is 2.54. The van der Waals surface area contributed by atoms with Gasteiger partial charge in [0.15, 0.2) is 0 Å². The molecule has 0 aromatic carbocycles. The van der Waals surface area contributed by atoms with Crippen molar-refractivity contribution >= 4 is 23.4 Å². The maximum Gasteiger partial charge on any atom is 0.133 e. The fraction of sp³-hybridized carbons (Fsp3) is 0.250. The van der Waals surface area contributed by atoms with Crippen molar-refractivity contribution in [3.05, 3.63) is 22.5 Å². The van der Waals surface area contributed by atoms with Gasteiger partial charge in [0.05, 0.1) is 5.56 Å². The summed E-state index contributed by atoms with van der Waals surface area (Å²) < 4.78 is 0. The van der Waals surface area contributed by atoms with Crippen LogP contribution in [0, 0.1) is 11.3 Å². The van der Waals surface area contributed by atoms with Gasteiger partial charge in [-0.3, -0.25) is 0 Å². The molecule has 0 unspecified atom stereocenters. The molecular weight excluding hydrogens is 192 g/mol. The van der Waals surface area contributed by atoms with Gasteiger partial charge < -0.3 is 0 Å². The van der Waals surface area contributed by atoms with Crippen molar-refractivity contribution in [2.45, 2.75) is 11.3 Å². The second kappa shape index (κ2) is 2.96. The van der Waals surface area contributed by atoms with E-state index in [1.165, 1.54) is 0 Å². The lowest BCUT2D eigenvalue weighted by Crippen LogP contribution is -1.89. The SMILES string of the molecule is N#Cc1cnc(Cl)c2c1SCC2. The van der Waals surface area contributed by atoms with E-state index < -0.39 is 0 Å². The number of hydrogen-bond acceptors (Lipinski definition) is 3. The van der Waals surface area contributed by atoms with Crippen molar-refractivity contribution in [2.75, 3.05) is 5.75 Å². The van der Waals surface area contributed by atoms with E-state index in [4.69, 9.17) is 16.9 Å². The van der Waals surface area contributed by atoms with Crippen LogP contribution in [-0.4, -0.2) is 10.7 Å². The van der Waals surface area contributed by atoms with Gasteiger partial charge in [0, 0.05) is 22.4 Å². The summed E-state index contributed by atoms with van der Waals surface area (Å²) in [6.45, 7) is 0. The summed E-state index contributed by atoms with van der Waals surface area (Å²) >= 11 is 7.55. The van der Waals surface area contributed by atoms with Crippen LogP contribution in [0.5, 0.6) is 0 Å². The van der Waals surface area contributed by atoms with Crippen LogP contribution in [0.3, 0.4) is 0 Å². The number of nitriles is 1. The third kappa shape index (κ3) is 1.08. The van der Waals surface area contributed by atoms with Crippen LogP contribution in [0.1, 0.15) is 11.1 Å². The summed E-state index contributed by atoms with van der Waals surface area (Å²) in [7, 11) is 0. The van der Waals surface area contributed by atoms with Crippen molar-refractivity contribution in [3.8, 4) is 6.07 Å². The maximum atomic E-state index is 8.75. The third-order valence-corrected chi connectivity index (χ3v) is 3.28. The quantitative estimate of drug-likeness (QED) is 0.598. The van der Waals surface area contributed by atoms with Gasteiger partial charge in [-0.15, -0.1) is 11.8 Å². The number of thioether (sulfide) groups is 1. The van der Waals surface area contributed by atoms with Gasteiger partial charge in [-0.05, 0) is 6.42 Å². The van der Waals surface area contributed by atoms with Crippen LogP contribution in [0.15, 0.2) is 11.1 Å². The van der Waals surface area contributed by atoms with E-state index in [9.17, 15) is 0 Å². The predicted molar refractivity (Wildman–Crippen MR) is 48.4 cm³/mol. The largest absolute Gasteiger partial charge is 0.243 e. The number of rotatable bonds is 0. The van der Waals surface area contributed by atoms with Crippen LogP contribution in [0.4, 0.5) is 0 Å². The lowest BCUT2D eigenvalue weighted by atomic mass is 10.2. The lowest BCUT2D eigenvalue weighted by Gasteiger charge is -2.00. The number of pyridine rings is 1. The summed E-state index contributed by atoms with van der Waals surface area (Å²) in [6.07, 6.45) is 2.47. The highest BCUT2D eigenvalue weighted by molar-refractivity contribution is 7.99. The summed E-state index contributed by atoms with van der Waals surface area (Å²) in [5.41, 5.74) is 1.69. The number of aromatic nitrogens is 1. The summed E-state index contributed by atoms with van der Waals surface area (Å²) in [4.78, 5) is 4.98. The molecule has 0 aliphatic carbocycles. The summed E-state index contributed by atoms with van der Waals surface area (Å²) in [6, 6.07) is 2.11. The average molecular weight is 197 g/mol. The van der Waals surface area contributed by atoms with E-state index in [2.05, 4.69) is 11.1 Å². The molecule has 1 aliphatic heterocycles. The zero-order valence-electron chi connectivity index (χ0n) is 6.17. The molecule has 0 bridgehead atoms. The molecule has 1 aliphatic rings. The Morgan fingerprint density at radius 3 is 3.25 bits per heavy atom. The smallest absolute Gasteiger partial charge is 0.133 e. The van der Waals surface area contributed by atoms with Crippen LogP contribution >= 0.6 is 23.4 Å². The fourth-order valence-electron chi connectivity index (χ4n) is 1.23. The van der Waals surface area contributed by atoms with Crippen LogP contribution in [0.2, 0.25) is 5.15 Å². The Morgan fingerprint density at radius 1 is 1.67 bits per heavy atom. The van der Waals surface area contributed by atoms with E-state index in [0.717, 1.165) is 22.6 Å². The molecule has 2 nitrogen and oxygen atoms in total. The Kier molecular flexibility index (Phi) is 1.95. The minimum atomic E-state index is 0.550. The number of hydrogen-bond donors (Lipinski definition) is 0. The van der Waals surface area contributed by atoms with Crippen molar-refractivity contribution in [1.82, 2.24) is 4.98 Å². The molecule has 1 aromatic rings. The molecule has 60 valence electrons.